The van der Waals surface area contributed by atoms with Crippen molar-refractivity contribution in [3.05, 3.63) is 107 Å². The first-order valence-corrected chi connectivity index (χ1v) is 11.4. The molecule has 1 amide bonds. The summed E-state index contributed by atoms with van der Waals surface area (Å²) in [5, 5.41) is 2.99. The van der Waals surface area contributed by atoms with Gasteiger partial charge in [-0.3, -0.25) is 9.59 Å². The summed E-state index contributed by atoms with van der Waals surface area (Å²) in [5.41, 5.74) is 5.07. The highest BCUT2D eigenvalue weighted by atomic mass is 16.5. The fraction of sp³-hybridized carbons (Fsp3) is 0.241. The van der Waals surface area contributed by atoms with Crippen molar-refractivity contribution < 1.29 is 19.1 Å². The fourth-order valence-corrected chi connectivity index (χ4v) is 3.62. The van der Waals surface area contributed by atoms with Gasteiger partial charge in [0.2, 0.25) is 5.91 Å². The lowest BCUT2D eigenvalue weighted by atomic mass is 10.0. The summed E-state index contributed by atoms with van der Waals surface area (Å²) in [6.45, 7) is 3.01. The third-order valence-corrected chi connectivity index (χ3v) is 5.40. The van der Waals surface area contributed by atoms with E-state index < -0.39 is 0 Å². The van der Waals surface area contributed by atoms with Crippen molar-refractivity contribution in [3.8, 4) is 5.75 Å². The molecule has 0 bridgehead atoms. The van der Waals surface area contributed by atoms with Crippen molar-refractivity contribution in [1.29, 1.82) is 0 Å². The molecule has 176 valence electrons. The van der Waals surface area contributed by atoms with Crippen LogP contribution >= 0.6 is 0 Å². The molecule has 0 atom stereocenters. The highest BCUT2D eigenvalue weighted by Gasteiger charge is 2.10. The van der Waals surface area contributed by atoms with Gasteiger partial charge in [0.1, 0.15) is 12.4 Å². The zero-order valence-electron chi connectivity index (χ0n) is 19.8. The largest absolute Gasteiger partial charge is 0.490 e. The summed E-state index contributed by atoms with van der Waals surface area (Å²) in [7, 11) is 1.36. The first kappa shape index (κ1) is 24.8. The molecule has 3 aromatic rings. The van der Waals surface area contributed by atoms with Crippen LogP contribution in [0.25, 0.3) is 6.08 Å². The van der Waals surface area contributed by atoms with E-state index >= 15 is 0 Å². The normalized spacial score (nSPS) is 10.8. The SMILES string of the molecule is COC(=O)Cc1cc(CC(=O)NCCc2ccccc2C)cc(OC/C=C/c2ccccc2)c1. The van der Waals surface area contributed by atoms with Crippen molar-refractivity contribution in [3.63, 3.8) is 0 Å². The molecule has 0 saturated carbocycles. The number of aryl methyl sites for hydroxylation is 1. The highest BCUT2D eigenvalue weighted by molar-refractivity contribution is 5.79. The number of hydrogen-bond donors (Lipinski definition) is 1. The van der Waals surface area contributed by atoms with E-state index in [1.807, 2.05) is 72.8 Å². The number of carbonyl (C=O) groups is 2. The molecule has 0 heterocycles. The van der Waals surface area contributed by atoms with Gasteiger partial charge in [0, 0.05) is 6.54 Å². The average Bonchev–Trinajstić information content (AvgIpc) is 2.83. The second-order valence-corrected chi connectivity index (χ2v) is 8.07. The van der Waals surface area contributed by atoms with E-state index in [0.717, 1.165) is 23.1 Å². The maximum absolute atomic E-state index is 12.6. The lowest BCUT2D eigenvalue weighted by molar-refractivity contribution is -0.139. The summed E-state index contributed by atoms with van der Waals surface area (Å²) in [4.78, 5) is 24.3. The lowest BCUT2D eigenvalue weighted by Gasteiger charge is -2.11. The van der Waals surface area contributed by atoms with Crippen LogP contribution in [0.1, 0.15) is 27.8 Å². The molecule has 0 aliphatic heterocycles. The van der Waals surface area contributed by atoms with Gasteiger partial charge >= 0.3 is 5.97 Å². The smallest absolute Gasteiger partial charge is 0.309 e. The van der Waals surface area contributed by atoms with Crippen molar-refractivity contribution in [2.45, 2.75) is 26.2 Å². The van der Waals surface area contributed by atoms with Crippen molar-refractivity contribution in [1.82, 2.24) is 5.32 Å². The van der Waals surface area contributed by atoms with Gasteiger partial charge in [0.25, 0.3) is 0 Å². The Labute approximate surface area is 201 Å². The molecule has 0 aliphatic carbocycles. The van der Waals surface area contributed by atoms with Gasteiger partial charge < -0.3 is 14.8 Å². The van der Waals surface area contributed by atoms with Gasteiger partial charge in [0.05, 0.1) is 20.0 Å². The number of benzene rings is 3. The Balaban J connectivity index is 1.60. The third kappa shape index (κ3) is 8.24. The van der Waals surface area contributed by atoms with Gasteiger partial charge in [0.15, 0.2) is 0 Å². The number of ether oxygens (including phenoxy) is 2. The Morgan fingerprint density at radius 3 is 2.35 bits per heavy atom. The Morgan fingerprint density at radius 1 is 0.912 bits per heavy atom. The third-order valence-electron chi connectivity index (χ3n) is 5.40. The van der Waals surface area contributed by atoms with E-state index in [1.165, 1.54) is 18.2 Å². The van der Waals surface area contributed by atoms with Gasteiger partial charge in [-0.05, 0) is 59.4 Å². The van der Waals surface area contributed by atoms with E-state index in [4.69, 9.17) is 9.47 Å². The zero-order valence-corrected chi connectivity index (χ0v) is 19.8. The first-order chi connectivity index (χ1) is 16.5. The van der Waals surface area contributed by atoms with E-state index in [9.17, 15) is 9.59 Å². The molecule has 0 aromatic heterocycles. The van der Waals surface area contributed by atoms with Crippen LogP contribution in [0.3, 0.4) is 0 Å². The number of rotatable bonds is 11. The average molecular weight is 458 g/mol. The molecule has 0 saturated heterocycles. The van der Waals surface area contributed by atoms with Crippen LogP contribution in [-0.4, -0.2) is 32.1 Å². The van der Waals surface area contributed by atoms with Crippen LogP contribution in [0.15, 0.2) is 78.9 Å². The van der Waals surface area contributed by atoms with Crippen LogP contribution in [-0.2, 0) is 33.6 Å². The van der Waals surface area contributed by atoms with Gasteiger partial charge in [-0.15, -0.1) is 0 Å². The topological polar surface area (TPSA) is 64.6 Å². The molecule has 3 aromatic carbocycles. The molecule has 0 fully saturated rings. The number of hydrogen-bond acceptors (Lipinski definition) is 4. The summed E-state index contributed by atoms with van der Waals surface area (Å²) >= 11 is 0. The van der Waals surface area contributed by atoms with E-state index in [2.05, 4.69) is 24.4 Å². The first-order valence-electron chi connectivity index (χ1n) is 11.4. The number of amides is 1. The van der Waals surface area contributed by atoms with Gasteiger partial charge in [-0.2, -0.15) is 0 Å². The van der Waals surface area contributed by atoms with Crippen LogP contribution in [0, 0.1) is 6.92 Å². The second kappa shape index (κ2) is 13.0. The Hall–Kier alpha value is -3.86. The maximum atomic E-state index is 12.6. The van der Waals surface area contributed by atoms with Crippen LogP contribution < -0.4 is 10.1 Å². The number of esters is 1. The van der Waals surface area contributed by atoms with E-state index in [-0.39, 0.29) is 24.7 Å². The Bertz CT molecular complexity index is 1120. The molecule has 0 spiro atoms. The summed E-state index contributed by atoms with van der Waals surface area (Å²) < 4.78 is 10.7. The second-order valence-electron chi connectivity index (χ2n) is 8.07. The zero-order chi connectivity index (χ0) is 24.2. The standard InChI is InChI=1S/C29H31NO4/c1-22-9-6-7-13-26(22)14-15-30-28(31)20-24-17-25(21-29(32)33-2)19-27(18-24)34-16-8-12-23-10-4-3-5-11-23/h3-13,17-19H,14-16,20-21H2,1-2H3,(H,30,31)/b12-8+. The van der Waals surface area contributed by atoms with Crippen molar-refractivity contribution in [2.24, 2.45) is 0 Å². The van der Waals surface area contributed by atoms with E-state index in [0.29, 0.717) is 18.9 Å². The quantitative estimate of drug-likeness (QED) is 0.424. The molecule has 3 rings (SSSR count). The highest BCUT2D eigenvalue weighted by Crippen LogP contribution is 2.19. The van der Waals surface area contributed by atoms with Crippen molar-refractivity contribution in [2.75, 3.05) is 20.3 Å². The van der Waals surface area contributed by atoms with Gasteiger partial charge in [-0.25, -0.2) is 0 Å². The summed E-state index contributed by atoms with van der Waals surface area (Å²) in [5.74, 6) is 0.204. The number of methoxy groups -OCH3 is 1. The lowest BCUT2D eigenvalue weighted by Crippen LogP contribution is -2.27. The predicted octanol–water partition coefficient (Wildman–Crippen LogP) is 4.70. The minimum atomic E-state index is -0.338. The van der Waals surface area contributed by atoms with Crippen LogP contribution in [0.5, 0.6) is 5.75 Å². The molecule has 1 N–H and O–H groups in total. The molecule has 0 unspecified atom stereocenters. The molecule has 0 aliphatic rings. The maximum Gasteiger partial charge on any atom is 0.309 e. The Kier molecular flexibility index (Phi) is 9.47. The van der Waals surface area contributed by atoms with Crippen LogP contribution in [0.2, 0.25) is 0 Å². The summed E-state index contributed by atoms with van der Waals surface area (Å²) in [6.07, 6.45) is 5.03. The molecule has 5 heteroatoms. The van der Waals surface area contributed by atoms with Gasteiger partial charge in [-0.1, -0.05) is 66.7 Å². The number of carbonyl (C=O) groups excluding carboxylic acids is 2. The van der Waals surface area contributed by atoms with Crippen LogP contribution in [0.4, 0.5) is 0 Å². The van der Waals surface area contributed by atoms with Crippen molar-refractivity contribution >= 4 is 18.0 Å². The molecule has 34 heavy (non-hydrogen) atoms. The Morgan fingerprint density at radius 2 is 1.62 bits per heavy atom. The number of nitrogens with one attached hydrogen (secondary N) is 1. The fourth-order valence-electron chi connectivity index (χ4n) is 3.62. The predicted molar refractivity (Wildman–Crippen MR) is 135 cm³/mol. The molecule has 0 radical (unpaired) electrons. The molecule has 5 nitrogen and oxygen atoms in total. The monoisotopic (exact) mass is 457 g/mol. The summed E-state index contributed by atoms with van der Waals surface area (Å²) in [6, 6.07) is 23.6. The molecular formula is C29H31NO4. The van der Waals surface area contributed by atoms with E-state index in [1.54, 1.807) is 0 Å². The minimum absolute atomic E-state index is 0.0706. The minimum Gasteiger partial charge on any atom is -0.490 e. The molecular weight excluding hydrogens is 426 g/mol.